The summed E-state index contributed by atoms with van der Waals surface area (Å²) in [5.41, 5.74) is 1.12. The van der Waals surface area contributed by atoms with E-state index in [1.54, 1.807) is 12.1 Å². The van der Waals surface area contributed by atoms with Crippen LogP contribution in [0.2, 0.25) is 0 Å². The number of aromatic amines is 1. The average molecular weight is 206 g/mol. The van der Waals surface area contributed by atoms with Crippen molar-refractivity contribution in [2.75, 3.05) is 0 Å². The first kappa shape index (κ1) is 9.76. The third kappa shape index (κ3) is 2.83. The molecule has 1 N–H and O–H groups in total. The fourth-order valence-electron chi connectivity index (χ4n) is 1.39. The Balaban J connectivity index is 1.81. The fourth-order valence-corrected chi connectivity index (χ4v) is 1.39. The highest BCUT2D eigenvalue weighted by Crippen LogP contribution is 2.06. The second kappa shape index (κ2) is 4.63. The topological polar surface area (TPSA) is 54.5 Å². The lowest BCUT2D eigenvalue weighted by Crippen LogP contribution is -1.92. The van der Waals surface area contributed by atoms with Crippen molar-refractivity contribution in [2.45, 2.75) is 19.3 Å². The van der Waals surface area contributed by atoms with E-state index in [9.17, 15) is 4.39 Å². The van der Waals surface area contributed by atoms with Gasteiger partial charge in [-0.3, -0.25) is 0 Å². The maximum absolute atomic E-state index is 12.6. The predicted molar refractivity (Wildman–Crippen MR) is 52.6 cm³/mol. The Morgan fingerprint density at radius 1 is 1.13 bits per heavy atom. The van der Waals surface area contributed by atoms with Gasteiger partial charge in [-0.1, -0.05) is 17.3 Å². The van der Waals surface area contributed by atoms with Gasteiger partial charge < -0.3 is 0 Å². The molecule has 0 amide bonds. The van der Waals surface area contributed by atoms with Gasteiger partial charge in [-0.2, -0.15) is 5.21 Å². The number of benzene rings is 1. The molecule has 5 heteroatoms. The van der Waals surface area contributed by atoms with Gasteiger partial charge in [0.15, 0.2) is 5.82 Å². The van der Waals surface area contributed by atoms with Gasteiger partial charge in [-0.15, -0.1) is 10.2 Å². The second-order valence-corrected chi connectivity index (χ2v) is 3.31. The Morgan fingerprint density at radius 3 is 2.60 bits per heavy atom. The number of nitrogens with zero attached hydrogens (tertiary/aromatic N) is 3. The van der Waals surface area contributed by atoms with Gasteiger partial charge in [-0.25, -0.2) is 4.39 Å². The van der Waals surface area contributed by atoms with Crippen molar-refractivity contribution in [3.05, 3.63) is 41.5 Å². The van der Waals surface area contributed by atoms with E-state index in [1.807, 2.05) is 0 Å². The first-order valence-corrected chi connectivity index (χ1v) is 4.81. The zero-order valence-corrected chi connectivity index (χ0v) is 8.15. The summed E-state index contributed by atoms with van der Waals surface area (Å²) >= 11 is 0. The number of aryl methyl sites for hydroxylation is 2. The van der Waals surface area contributed by atoms with E-state index in [0.29, 0.717) is 0 Å². The van der Waals surface area contributed by atoms with Crippen LogP contribution in [0.25, 0.3) is 0 Å². The van der Waals surface area contributed by atoms with Gasteiger partial charge >= 0.3 is 0 Å². The highest BCUT2D eigenvalue weighted by molar-refractivity contribution is 5.16. The molecule has 1 heterocycles. The summed E-state index contributed by atoms with van der Waals surface area (Å²) < 4.78 is 12.6. The Hall–Kier alpha value is -1.78. The first-order valence-electron chi connectivity index (χ1n) is 4.81. The minimum Gasteiger partial charge on any atom is -0.207 e. The lowest BCUT2D eigenvalue weighted by atomic mass is 10.1. The molecule has 0 bridgehead atoms. The molecule has 0 fully saturated rings. The molecule has 0 aliphatic carbocycles. The average Bonchev–Trinajstić information content (AvgIpc) is 2.74. The molecule has 1 aromatic carbocycles. The monoisotopic (exact) mass is 206 g/mol. The number of H-pyrrole nitrogens is 1. The molecule has 0 aliphatic rings. The fraction of sp³-hybridized carbons (Fsp3) is 0.300. The number of hydrogen-bond donors (Lipinski definition) is 1. The van der Waals surface area contributed by atoms with Crippen molar-refractivity contribution < 1.29 is 4.39 Å². The Labute approximate surface area is 86.5 Å². The Bertz CT molecular complexity index is 396. The summed E-state index contributed by atoms with van der Waals surface area (Å²) in [5, 5.41) is 13.6. The van der Waals surface area contributed by atoms with E-state index in [-0.39, 0.29) is 5.82 Å². The van der Waals surface area contributed by atoms with E-state index < -0.39 is 0 Å². The summed E-state index contributed by atoms with van der Waals surface area (Å²) in [5.74, 6) is 0.522. The molecule has 0 spiro atoms. The van der Waals surface area contributed by atoms with Crippen LogP contribution in [0.4, 0.5) is 4.39 Å². The summed E-state index contributed by atoms with van der Waals surface area (Å²) in [6, 6.07) is 6.55. The number of hydrogen-bond acceptors (Lipinski definition) is 3. The van der Waals surface area contributed by atoms with Crippen molar-refractivity contribution >= 4 is 0 Å². The quantitative estimate of drug-likeness (QED) is 0.825. The number of rotatable bonds is 4. The van der Waals surface area contributed by atoms with Crippen LogP contribution >= 0.6 is 0 Å². The minimum atomic E-state index is -0.197. The first-order chi connectivity index (χ1) is 7.34. The van der Waals surface area contributed by atoms with Gasteiger partial charge in [0.05, 0.1) is 0 Å². The molecule has 78 valence electrons. The van der Waals surface area contributed by atoms with Crippen LogP contribution < -0.4 is 0 Å². The SMILES string of the molecule is Fc1ccc(CCCc2nn[nH]n2)cc1. The van der Waals surface area contributed by atoms with Crippen molar-refractivity contribution in [2.24, 2.45) is 0 Å². The van der Waals surface area contributed by atoms with Crippen molar-refractivity contribution in [1.82, 2.24) is 20.6 Å². The molecule has 4 nitrogen and oxygen atoms in total. The van der Waals surface area contributed by atoms with Crippen LogP contribution in [0, 0.1) is 5.82 Å². The van der Waals surface area contributed by atoms with Gasteiger partial charge in [0.2, 0.25) is 0 Å². The van der Waals surface area contributed by atoms with Crippen LogP contribution in [-0.2, 0) is 12.8 Å². The predicted octanol–water partition coefficient (Wildman–Crippen LogP) is 1.51. The van der Waals surface area contributed by atoms with E-state index in [2.05, 4.69) is 20.6 Å². The molecule has 0 saturated heterocycles. The van der Waals surface area contributed by atoms with Crippen LogP contribution in [0.5, 0.6) is 0 Å². The number of aromatic nitrogens is 4. The zero-order valence-electron chi connectivity index (χ0n) is 8.15. The Kier molecular flexibility index (Phi) is 3.02. The zero-order chi connectivity index (χ0) is 10.5. The summed E-state index contributed by atoms with van der Waals surface area (Å²) in [7, 11) is 0. The van der Waals surface area contributed by atoms with Crippen LogP contribution in [-0.4, -0.2) is 20.6 Å². The molecular formula is C10H11FN4. The maximum Gasteiger partial charge on any atom is 0.174 e. The van der Waals surface area contributed by atoms with Gasteiger partial charge in [0, 0.05) is 6.42 Å². The van der Waals surface area contributed by atoms with Crippen molar-refractivity contribution in [3.63, 3.8) is 0 Å². The highest BCUT2D eigenvalue weighted by Gasteiger charge is 1.99. The van der Waals surface area contributed by atoms with E-state index >= 15 is 0 Å². The van der Waals surface area contributed by atoms with Crippen LogP contribution in [0.1, 0.15) is 17.8 Å². The van der Waals surface area contributed by atoms with Crippen LogP contribution in [0.3, 0.4) is 0 Å². The second-order valence-electron chi connectivity index (χ2n) is 3.31. The molecular weight excluding hydrogens is 195 g/mol. The van der Waals surface area contributed by atoms with E-state index in [0.717, 1.165) is 30.7 Å². The smallest absolute Gasteiger partial charge is 0.174 e. The number of halogens is 1. The largest absolute Gasteiger partial charge is 0.207 e. The standard InChI is InChI=1S/C10H11FN4/c11-9-6-4-8(5-7-9)2-1-3-10-12-14-15-13-10/h4-7H,1-3H2,(H,12,13,14,15). The molecule has 0 unspecified atom stereocenters. The normalized spacial score (nSPS) is 10.5. The highest BCUT2D eigenvalue weighted by atomic mass is 19.1. The maximum atomic E-state index is 12.6. The lowest BCUT2D eigenvalue weighted by Gasteiger charge is -1.98. The number of nitrogens with one attached hydrogen (secondary N) is 1. The lowest BCUT2D eigenvalue weighted by molar-refractivity contribution is 0.626. The van der Waals surface area contributed by atoms with Gasteiger partial charge in [0.1, 0.15) is 5.82 Å². The molecule has 2 rings (SSSR count). The summed E-state index contributed by atoms with van der Waals surface area (Å²) in [4.78, 5) is 0. The third-order valence-corrected chi connectivity index (χ3v) is 2.17. The number of tetrazole rings is 1. The minimum absolute atomic E-state index is 0.197. The molecule has 1 aromatic heterocycles. The van der Waals surface area contributed by atoms with Crippen molar-refractivity contribution in [3.8, 4) is 0 Å². The van der Waals surface area contributed by atoms with Gasteiger partial charge in [0.25, 0.3) is 0 Å². The molecule has 0 atom stereocenters. The molecule has 0 aliphatic heterocycles. The third-order valence-electron chi connectivity index (χ3n) is 2.17. The molecule has 15 heavy (non-hydrogen) atoms. The van der Waals surface area contributed by atoms with Crippen molar-refractivity contribution in [1.29, 1.82) is 0 Å². The van der Waals surface area contributed by atoms with Gasteiger partial charge in [-0.05, 0) is 30.5 Å². The molecule has 0 radical (unpaired) electrons. The van der Waals surface area contributed by atoms with E-state index in [1.165, 1.54) is 12.1 Å². The summed E-state index contributed by atoms with van der Waals surface area (Å²) in [6.45, 7) is 0. The Morgan fingerprint density at radius 2 is 1.93 bits per heavy atom. The van der Waals surface area contributed by atoms with E-state index in [4.69, 9.17) is 0 Å². The molecule has 0 saturated carbocycles. The van der Waals surface area contributed by atoms with Crippen LogP contribution in [0.15, 0.2) is 24.3 Å². The summed E-state index contributed by atoms with van der Waals surface area (Å²) in [6.07, 6.45) is 2.62. The molecule has 2 aromatic rings.